The number of halogens is 1. The minimum absolute atomic E-state index is 0.0787. The Labute approximate surface area is 117 Å². The SMILES string of the molecule is Cn1c(C(=O)N2CCOCC2)c(Br)c(=O)n(C)c1=O. The highest BCUT2D eigenvalue weighted by Gasteiger charge is 2.25. The first kappa shape index (κ1) is 14.0. The van der Waals surface area contributed by atoms with Crippen molar-refractivity contribution in [3.8, 4) is 0 Å². The van der Waals surface area contributed by atoms with E-state index >= 15 is 0 Å². The molecule has 0 spiro atoms. The molecule has 0 saturated carbocycles. The molecule has 0 bridgehead atoms. The van der Waals surface area contributed by atoms with Gasteiger partial charge in [-0.1, -0.05) is 0 Å². The second-order valence-electron chi connectivity index (χ2n) is 4.27. The molecule has 1 amide bonds. The number of aromatic nitrogens is 2. The molecule has 7 nitrogen and oxygen atoms in total. The monoisotopic (exact) mass is 331 g/mol. The Morgan fingerprint density at radius 2 is 1.74 bits per heavy atom. The zero-order chi connectivity index (χ0) is 14.2. The van der Waals surface area contributed by atoms with E-state index in [1.807, 2.05) is 0 Å². The standard InChI is InChI=1S/C11H14BrN3O4/c1-13-8(7(12)9(16)14(2)11(13)18)10(17)15-3-5-19-6-4-15/h3-6H2,1-2H3. The van der Waals surface area contributed by atoms with Gasteiger partial charge >= 0.3 is 5.69 Å². The van der Waals surface area contributed by atoms with Crippen molar-refractivity contribution >= 4 is 21.8 Å². The molecule has 0 aromatic carbocycles. The average Bonchev–Trinajstić information content (AvgIpc) is 2.44. The molecule has 1 aromatic heterocycles. The molecule has 1 fully saturated rings. The third kappa shape index (κ3) is 2.37. The quantitative estimate of drug-likeness (QED) is 0.683. The van der Waals surface area contributed by atoms with E-state index < -0.39 is 11.2 Å². The summed E-state index contributed by atoms with van der Waals surface area (Å²) in [6.45, 7) is 1.83. The van der Waals surface area contributed by atoms with Gasteiger partial charge in [-0.2, -0.15) is 0 Å². The van der Waals surface area contributed by atoms with Gasteiger partial charge in [0.2, 0.25) is 0 Å². The fourth-order valence-corrected chi connectivity index (χ4v) is 2.66. The molecule has 2 heterocycles. The van der Waals surface area contributed by atoms with Crippen molar-refractivity contribution in [1.82, 2.24) is 14.0 Å². The predicted octanol–water partition coefficient (Wildman–Crippen LogP) is -0.681. The summed E-state index contributed by atoms with van der Waals surface area (Å²) in [6, 6.07) is 0. The maximum absolute atomic E-state index is 12.4. The van der Waals surface area contributed by atoms with Crippen LogP contribution in [0.3, 0.4) is 0 Å². The summed E-state index contributed by atoms with van der Waals surface area (Å²) in [5.41, 5.74) is -0.959. The molecule has 8 heteroatoms. The normalized spacial score (nSPS) is 15.6. The molecular formula is C11H14BrN3O4. The van der Waals surface area contributed by atoms with Gasteiger partial charge in [-0.3, -0.25) is 18.7 Å². The van der Waals surface area contributed by atoms with Crippen molar-refractivity contribution in [2.24, 2.45) is 14.1 Å². The largest absolute Gasteiger partial charge is 0.378 e. The highest BCUT2D eigenvalue weighted by atomic mass is 79.9. The minimum Gasteiger partial charge on any atom is -0.378 e. The van der Waals surface area contributed by atoms with Crippen LogP contribution in [0.5, 0.6) is 0 Å². The van der Waals surface area contributed by atoms with Gasteiger partial charge in [0.15, 0.2) is 0 Å². The smallest absolute Gasteiger partial charge is 0.331 e. The molecule has 0 N–H and O–H groups in total. The molecular weight excluding hydrogens is 318 g/mol. The van der Waals surface area contributed by atoms with E-state index in [9.17, 15) is 14.4 Å². The summed E-state index contributed by atoms with van der Waals surface area (Å²) >= 11 is 3.11. The van der Waals surface area contributed by atoms with Crippen LogP contribution in [0, 0.1) is 0 Å². The summed E-state index contributed by atoms with van der Waals surface area (Å²) in [7, 11) is 2.85. The average molecular weight is 332 g/mol. The van der Waals surface area contributed by atoms with Crippen molar-refractivity contribution in [3.63, 3.8) is 0 Å². The van der Waals surface area contributed by atoms with Crippen LogP contribution >= 0.6 is 15.9 Å². The van der Waals surface area contributed by atoms with Crippen LogP contribution in [0.15, 0.2) is 14.1 Å². The molecule has 1 aliphatic heterocycles. The van der Waals surface area contributed by atoms with Crippen LogP contribution in [0.2, 0.25) is 0 Å². The summed E-state index contributed by atoms with van der Waals surface area (Å²) in [6.07, 6.45) is 0. The van der Waals surface area contributed by atoms with Gasteiger partial charge in [-0.05, 0) is 15.9 Å². The van der Waals surface area contributed by atoms with Crippen molar-refractivity contribution in [2.75, 3.05) is 26.3 Å². The van der Waals surface area contributed by atoms with Crippen LogP contribution in [0.25, 0.3) is 0 Å². The van der Waals surface area contributed by atoms with Gasteiger partial charge in [0.25, 0.3) is 11.5 Å². The van der Waals surface area contributed by atoms with Crippen molar-refractivity contribution < 1.29 is 9.53 Å². The number of hydrogen-bond acceptors (Lipinski definition) is 4. The number of rotatable bonds is 1. The van der Waals surface area contributed by atoms with Crippen LogP contribution in [-0.4, -0.2) is 46.2 Å². The number of ether oxygens (including phenoxy) is 1. The highest BCUT2D eigenvalue weighted by Crippen LogP contribution is 2.13. The summed E-state index contributed by atoms with van der Waals surface area (Å²) in [5.74, 6) is -0.340. The second-order valence-corrected chi connectivity index (χ2v) is 5.07. The molecule has 1 aromatic rings. The van der Waals surface area contributed by atoms with Crippen molar-refractivity contribution in [3.05, 3.63) is 31.0 Å². The van der Waals surface area contributed by atoms with E-state index in [0.29, 0.717) is 26.3 Å². The predicted molar refractivity (Wildman–Crippen MR) is 71.3 cm³/mol. The van der Waals surface area contributed by atoms with Crippen molar-refractivity contribution in [2.45, 2.75) is 0 Å². The van der Waals surface area contributed by atoms with Crippen molar-refractivity contribution in [1.29, 1.82) is 0 Å². The molecule has 0 aliphatic carbocycles. The van der Waals surface area contributed by atoms with Gasteiger partial charge in [0.1, 0.15) is 10.2 Å². The van der Waals surface area contributed by atoms with E-state index in [2.05, 4.69) is 15.9 Å². The van der Waals surface area contributed by atoms with Crippen LogP contribution in [0.4, 0.5) is 0 Å². The Morgan fingerprint density at radius 1 is 1.16 bits per heavy atom. The van der Waals surface area contributed by atoms with Gasteiger partial charge in [0, 0.05) is 27.2 Å². The number of amides is 1. The first-order chi connectivity index (χ1) is 8.95. The summed E-state index contributed by atoms with van der Waals surface area (Å²) in [5, 5.41) is 0. The summed E-state index contributed by atoms with van der Waals surface area (Å²) in [4.78, 5) is 37.7. The molecule has 0 unspecified atom stereocenters. The van der Waals surface area contributed by atoms with E-state index in [-0.39, 0.29) is 16.1 Å². The zero-order valence-electron chi connectivity index (χ0n) is 10.7. The van der Waals surface area contributed by atoms with E-state index in [1.54, 1.807) is 4.90 Å². The Bertz CT molecular complexity index is 591. The lowest BCUT2D eigenvalue weighted by molar-refractivity contribution is 0.0294. The van der Waals surface area contributed by atoms with Crippen LogP contribution in [0.1, 0.15) is 10.5 Å². The van der Waals surface area contributed by atoms with Crippen LogP contribution in [-0.2, 0) is 18.8 Å². The number of carbonyl (C=O) groups is 1. The molecule has 1 aliphatic rings. The lowest BCUT2D eigenvalue weighted by Gasteiger charge is -2.27. The fourth-order valence-electron chi connectivity index (χ4n) is 1.96. The first-order valence-corrected chi connectivity index (χ1v) is 6.57. The van der Waals surface area contributed by atoms with Crippen LogP contribution < -0.4 is 11.2 Å². The third-order valence-corrected chi connectivity index (χ3v) is 3.83. The van der Waals surface area contributed by atoms with Gasteiger partial charge in [-0.15, -0.1) is 0 Å². The maximum atomic E-state index is 12.4. The zero-order valence-corrected chi connectivity index (χ0v) is 12.3. The summed E-state index contributed by atoms with van der Waals surface area (Å²) < 4.78 is 7.42. The maximum Gasteiger partial charge on any atom is 0.331 e. The number of morpholine rings is 1. The minimum atomic E-state index is -0.523. The van der Waals surface area contributed by atoms with E-state index in [1.165, 1.54) is 18.7 Å². The Hall–Kier alpha value is -1.41. The van der Waals surface area contributed by atoms with Gasteiger partial charge in [-0.25, -0.2) is 4.79 Å². The lowest BCUT2D eigenvalue weighted by Crippen LogP contribution is -2.46. The first-order valence-electron chi connectivity index (χ1n) is 5.77. The molecule has 0 atom stereocenters. The number of nitrogens with zero attached hydrogens (tertiary/aromatic N) is 3. The second kappa shape index (κ2) is 5.30. The highest BCUT2D eigenvalue weighted by molar-refractivity contribution is 9.10. The Kier molecular flexibility index (Phi) is 3.91. The molecule has 1 saturated heterocycles. The Balaban J connectivity index is 2.53. The lowest BCUT2D eigenvalue weighted by atomic mass is 10.3. The topological polar surface area (TPSA) is 73.5 Å². The molecule has 19 heavy (non-hydrogen) atoms. The number of hydrogen-bond donors (Lipinski definition) is 0. The Morgan fingerprint density at radius 3 is 2.32 bits per heavy atom. The van der Waals surface area contributed by atoms with Gasteiger partial charge in [0.05, 0.1) is 13.2 Å². The van der Waals surface area contributed by atoms with Gasteiger partial charge < -0.3 is 9.64 Å². The number of carbonyl (C=O) groups excluding carboxylic acids is 1. The molecule has 0 radical (unpaired) electrons. The molecule has 2 rings (SSSR count). The molecule has 104 valence electrons. The third-order valence-electron chi connectivity index (χ3n) is 3.11. The fraction of sp³-hybridized carbons (Fsp3) is 0.545. The van der Waals surface area contributed by atoms with E-state index in [0.717, 1.165) is 4.57 Å². The van der Waals surface area contributed by atoms with E-state index in [4.69, 9.17) is 4.74 Å².